The maximum absolute atomic E-state index is 11.7. The molecule has 2 unspecified atom stereocenters. The van der Waals surface area contributed by atoms with Crippen molar-refractivity contribution in [1.29, 1.82) is 0 Å². The van der Waals surface area contributed by atoms with E-state index in [2.05, 4.69) is 11.2 Å². The van der Waals surface area contributed by atoms with Crippen molar-refractivity contribution in [3.05, 3.63) is 0 Å². The zero-order chi connectivity index (χ0) is 10.8. The van der Waals surface area contributed by atoms with E-state index in [4.69, 9.17) is 11.2 Å². The molecule has 3 heteroatoms. The molecule has 1 heterocycles. The highest BCUT2D eigenvalue weighted by Gasteiger charge is 2.30. The minimum Gasteiger partial charge on any atom is -0.378 e. The zero-order valence-corrected chi connectivity index (χ0v) is 8.96. The van der Waals surface area contributed by atoms with Gasteiger partial charge in [-0.2, -0.15) is 0 Å². The molecule has 1 saturated heterocycles. The Bertz CT molecular complexity index is 265. The first-order chi connectivity index (χ1) is 6.44. The van der Waals surface area contributed by atoms with Crippen LogP contribution in [0.15, 0.2) is 0 Å². The molecule has 1 aliphatic heterocycles. The molecule has 78 valence electrons. The maximum Gasteiger partial charge on any atom is 0.226 e. The molecule has 1 fully saturated rings. The molecule has 1 aliphatic rings. The Morgan fingerprint density at radius 2 is 2.29 bits per heavy atom. The van der Waals surface area contributed by atoms with Gasteiger partial charge in [0.15, 0.2) is 0 Å². The summed E-state index contributed by atoms with van der Waals surface area (Å²) in [6.07, 6.45) is 6.25. The fourth-order valence-electron chi connectivity index (χ4n) is 1.45. The van der Waals surface area contributed by atoms with E-state index in [0.717, 1.165) is 6.42 Å². The lowest BCUT2D eigenvalue weighted by atomic mass is 10.0. The van der Waals surface area contributed by atoms with Crippen LogP contribution in [0.5, 0.6) is 0 Å². The van der Waals surface area contributed by atoms with Crippen LogP contribution in [-0.2, 0) is 9.53 Å². The standard InChI is InChI=1S/C11H17NO2/c1-5-11(3,4)12-10(13)9-6-8(2)14-7-9/h1,8-9H,6-7H2,2-4H3,(H,12,13). The Balaban J connectivity index is 2.48. The first kappa shape index (κ1) is 11.1. The van der Waals surface area contributed by atoms with Crippen molar-refractivity contribution in [3.63, 3.8) is 0 Å². The van der Waals surface area contributed by atoms with Gasteiger partial charge in [-0.3, -0.25) is 4.79 Å². The average Bonchev–Trinajstić information content (AvgIpc) is 2.51. The molecule has 0 saturated carbocycles. The molecule has 1 rings (SSSR count). The van der Waals surface area contributed by atoms with Gasteiger partial charge in [0.1, 0.15) is 0 Å². The predicted octanol–water partition coefficient (Wildman–Crippen LogP) is 0.939. The highest BCUT2D eigenvalue weighted by molar-refractivity contribution is 5.80. The van der Waals surface area contributed by atoms with Crippen LogP contribution in [-0.4, -0.2) is 24.2 Å². The number of nitrogens with one attached hydrogen (secondary N) is 1. The summed E-state index contributed by atoms with van der Waals surface area (Å²) in [7, 11) is 0. The van der Waals surface area contributed by atoms with Crippen molar-refractivity contribution in [3.8, 4) is 12.3 Å². The number of rotatable bonds is 2. The van der Waals surface area contributed by atoms with Crippen LogP contribution in [0.2, 0.25) is 0 Å². The highest BCUT2D eigenvalue weighted by atomic mass is 16.5. The van der Waals surface area contributed by atoms with Crippen LogP contribution in [0, 0.1) is 18.3 Å². The number of hydrogen-bond donors (Lipinski definition) is 1. The number of amides is 1. The average molecular weight is 195 g/mol. The third-order valence-corrected chi connectivity index (χ3v) is 2.37. The monoisotopic (exact) mass is 195 g/mol. The van der Waals surface area contributed by atoms with Crippen molar-refractivity contribution >= 4 is 5.91 Å². The molecule has 2 atom stereocenters. The van der Waals surface area contributed by atoms with Gasteiger partial charge in [0, 0.05) is 0 Å². The summed E-state index contributed by atoms with van der Waals surface area (Å²) < 4.78 is 5.32. The van der Waals surface area contributed by atoms with E-state index in [1.807, 2.05) is 20.8 Å². The molecular formula is C11H17NO2. The first-order valence-electron chi connectivity index (χ1n) is 4.86. The van der Waals surface area contributed by atoms with Crippen LogP contribution in [0.1, 0.15) is 27.2 Å². The fourth-order valence-corrected chi connectivity index (χ4v) is 1.45. The van der Waals surface area contributed by atoms with E-state index in [9.17, 15) is 4.79 Å². The van der Waals surface area contributed by atoms with Crippen LogP contribution in [0.25, 0.3) is 0 Å². The summed E-state index contributed by atoms with van der Waals surface area (Å²) in [5.74, 6) is 2.49. The van der Waals surface area contributed by atoms with E-state index in [-0.39, 0.29) is 17.9 Å². The minimum absolute atomic E-state index is 0.00250. The molecule has 0 bridgehead atoms. The van der Waals surface area contributed by atoms with Gasteiger partial charge < -0.3 is 10.1 Å². The number of terminal acetylenes is 1. The van der Waals surface area contributed by atoms with Crippen molar-refractivity contribution in [2.45, 2.75) is 38.8 Å². The van der Waals surface area contributed by atoms with Crippen molar-refractivity contribution in [2.75, 3.05) is 6.61 Å². The molecule has 3 nitrogen and oxygen atoms in total. The molecule has 0 aromatic carbocycles. The summed E-state index contributed by atoms with van der Waals surface area (Å²) in [6, 6.07) is 0. The lowest BCUT2D eigenvalue weighted by Gasteiger charge is -2.21. The topological polar surface area (TPSA) is 38.3 Å². The molecule has 0 radical (unpaired) electrons. The van der Waals surface area contributed by atoms with E-state index < -0.39 is 5.54 Å². The van der Waals surface area contributed by atoms with Gasteiger partial charge in [-0.15, -0.1) is 6.42 Å². The fraction of sp³-hybridized carbons (Fsp3) is 0.727. The first-order valence-corrected chi connectivity index (χ1v) is 4.86. The molecule has 1 amide bonds. The van der Waals surface area contributed by atoms with Gasteiger partial charge in [0.25, 0.3) is 0 Å². The second-order valence-electron chi connectivity index (χ2n) is 4.34. The number of hydrogen-bond acceptors (Lipinski definition) is 2. The van der Waals surface area contributed by atoms with Crippen LogP contribution in [0.4, 0.5) is 0 Å². The number of carbonyl (C=O) groups excluding carboxylic acids is 1. The smallest absolute Gasteiger partial charge is 0.226 e. The SMILES string of the molecule is C#CC(C)(C)NC(=O)C1COC(C)C1. The van der Waals surface area contributed by atoms with Gasteiger partial charge in [0.05, 0.1) is 24.2 Å². The minimum atomic E-state index is -0.567. The van der Waals surface area contributed by atoms with Gasteiger partial charge in [-0.25, -0.2) is 0 Å². The zero-order valence-electron chi connectivity index (χ0n) is 8.96. The lowest BCUT2D eigenvalue weighted by Crippen LogP contribution is -2.45. The molecule has 0 aromatic heterocycles. The summed E-state index contributed by atoms with van der Waals surface area (Å²) in [5.41, 5.74) is -0.567. The van der Waals surface area contributed by atoms with E-state index >= 15 is 0 Å². The van der Waals surface area contributed by atoms with Crippen LogP contribution in [0.3, 0.4) is 0 Å². The summed E-state index contributed by atoms with van der Waals surface area (Å²) >= 11 is 0. The second-order valence-corrected chi connectivity index (χ2v) is 4.34. The third kappa shape index (κ3) is 2.74. The molecule has 14 heavy (non-hydrogen) atoms. The van der Waals surface area contributed by atoms with Crippen LogP contribution >= 0.6 is 0 Å². The number of carbonyl (C=O) groups is 1. The van der Waals surface area contributed by atoms with Gasteiger partial charge >= 0.3 is 0 Å². The molecule has 0 aliphatic carbocycles. The lowest BCUT2D eigenvalue weighted by molar-refractivity contribution is -0.126. The Kier molecular flexibility index (Phi) is 3.17. The molecular weight excluding hydrogens is 178 g/mol. The van der Waals surface area contributed by atoms with E-state index in [0.29, 0.717) is 6.61 Å². The molecule has 1 N–H and O–H groups in total. The van der Waals surface area contributed by atoms with Gasteiger partial charge in [-0.05, 0) is 27.2 Å². The Labute approximate surface area is 85.2 Å². The summed E-state index contributed by atoms with van der Waals surface area (Å²) in [6.45, 7) is 6.10. The third-order valence-electron chi connectivity index (χ3n) is 2.37. The van der Waals surface area contributed by atoms with E-state index in [1.165, 1.54) is 0 Å². The van der Waals surface area contributed by atoms with Gasteiger partial charge in [-0.1, -0.05) is 5.92 Å². The van der Waals surface area contributed by atoms with Crippen molar-refractivity contribution in [2.24, 2.45) is 5.92 Å². The predicted molar refractivity (Wildman–Crippen MR) is 54.6 cm³/mol. The van der Waals surface area contributed by atoms with Crippen molar-refractivity contribution in [1.82, 2.24) is 5.32 Å². The normalized spacial score (nSPS) is 27.0. The Morgan fingerprint density at radius 1 is 1.64 bits per heavy atom. The van der Waals surface area contributed by atoms with Crippen molar-refractivity contribution < 1.29 is 9.53 Å². The molecule has 0 spiro atoms. The second kappa shape index (κ2) is 4.02. The Morgan fingerprint density at radius 3 is 2.71 bits per heavy atom. The van der Waals surface area contributed by atoms with Crippen LogP contribution < -0.4 is 5.32 Å². The van der Waals surface area contributed by atoms with E-state index in [1.54, 1.807) is 0 Å². The number of ether oxygens (including phenoxy) is 1. The molecule has 0 aromatic rings. The highest BCUT2D eigenvalue weighted by Crippen LogP contribution is 2.19. The maximum atomic E-state index is 11.7. The summed E-state index contributed by atoms with van der Waals surface area (Å²) in [5, 5.41) is 2.81. The largest absolute Gasteiger partial charge is 0.378 e. The Hall–Kier alpha value is -1.01. The quantitative estimate of drug-likeness (QED) is 0.666. The summed E-state index contributed by atoms with van der Waals surface area (Å²) in [4.78, 5) is 11.7. The van der Waals surface area contributed by atoms with Gasteiger partial charge in [0.2, 0.25) is 5.91 Å².